The molecule has 2 amide bonds. The summed E-state index contributed by atoms with van der Waals surface area (Å²) in [6.45, 7) is 6.26. The van der Waals surface area contributed by atoms with Crippen LogP contribution in [0, 0.1) is 0 Å². The van der Waals surface area contributed by atoms with Gasteiger partial charge < -0.3 is 15.5 Å². The minimum absolute atomic E-state index is 0.154. The van der Waals surface area contributed by atoms with E-state index in [0.717, 1.165) is 39.3 Å². The van der Waals surface area contributed by atoms with Gasteiger partial charge in [0, 0.05) is 51.4 Å². The normalized spacial score (nSPS) is 27.4. The van der Waals surface area contributed by atoms with E-state index in [1.807, 2.05) is 4.90 Å². The SMILES string of the molecule is O=C(NC1CCC1)N1CC(N2CCNCC2)C1. The minimum Gasteiger partial charge on any atom is -0.335 e. The standard InChI is InChI=1S/C12H22N4O/c17-12(14-10-2-1-3-10)16-8-11(9-16)15-6-4-13-5-7-15/h10-11,13H,1-9H2,(H,14,17). The molecule has 3 fully saturated rings. The molecule has 17 heavy (non-hydrogen) atoms. The quantitative estimate of drug-likeness (QED) is 0.703. The first-order chi connectivity index (χ1) is 8.33. The van der Waals surface area contributed by atoms with Gasteiger partial charge in [0.15, 0.2) is 0 Å². The molecule has 0 aromatic carbocycles. The molecule has 0 atom stereocenters. The summed E-state index contributed by atoms with van der Waals surface area (Å²) in [5.74, 6) is 0. The Bertz CT molecular complexity index is 280. The number of piperazine rings is 1. The van der Waals surface area contributed by atoms with Crippen molar-refractivity contribution in [2.45, 2.75) is 31.3 Å². The molecule has 2 saturated heterocycles. The molecule has 5 heteroatoms. The fourth-order valence-electron chi connectivity index (χ4n) is 2.72. The molecule has 5 nitrogen and oxygen atoms in total. The van der Waals surface area contributed by atoms with Crippen LogP contribution in [0.25, 0.3) is 0 Å². The molecule has 2 aliphatic heterocycles. The minimum atomic E-state index is 0.154. The van der Waals surface area contributed by atoms with Crippen molar-refractivity contribution >= 4 is 6.03 Å². The van der Waals surface area contributed by atoms with Crippen LogP contribution in [0.4, 0.5) is 4.79 Å². The summed E-state index contributed by atoms with van der Waals surface area (Å²) in [6.07, 6.45) is 3.61. The lowest BCUT2D eigenvalue weighted by Gasteiger charge is -2.47. The number of carbonyl (C=O) groups is 1. The lowest BCUT2D eigenvalue weighted by atomic mass is 9.93. The smallest absolute Gasteiger partial charge is 0.317 e. The third-order valence-corrected chi connectivity index (χ3v) is 4.25. The zero-order valence-electron chi connectivity index (χ0n) is 10.3. The maximum atomic E-state index is 11.8. The zero-order chi connectivity index (χ0) is 11.7. The first-order valence-corrected chi connectivity index (χ1v) is 6.83. The van der Waals surface area contributed by atoms with E-state index >= 15 is 0 Å². The maximum absolute atomic E-state index is 11.8. The van der Waals surface area contributed by atoms with Crippen molar-refractivity contribution in [1.82, 2.24) is 20.4 Å². The van der Waals surface area contributed by atoms with Crippen molar-refractivity contribution in [2.24, 2.45) is 0 Å². The second-order valence-electron chi connectivity index (χ2n) is 5.42. The molecule has 0 aromatic rings. The van der Waals surface area contributed by atoms with Gasteiger partial charge in [0.05, 0.1) is 0 Å². The summed E-state index contributed by atoms with van der Waals surface area (Å²) in [5.41, 5.74) is 0. The first-order valence-electron chi connectivity index (χ1n) is 6.83. The third-order valence-electron chi connectivity index (χ3n) is 4.25. The van der Waals surface area contributed by atoms with Crippen molar-refractivity contribution in [2.75, 3.05) is 39.3 Å². The van der Waals surface area contributed by atoms with Crippen molar-refractivity contribution < 1.29 is 4.79 Å². The molecule has 0 bridgehead atoms. The highest BCUT2D eigenvalue weighted by Crippen LogP contribution is 2.20. The van der Waals surface area contributed by atoms with E-state index in [4.69, 9.17) is 0 Å². The molecule has 3 rings (SSSR count). The Kier molecular flexibility index (Phi) is 3.20. The molecule has 2 N–H and O–H groups in total. The van der Waals surface area contributed by atoms with Crippen LogP contribution in [0.1, 0.15) is 19.3 Å². The average Bonchev–Trinajstić information content (AvgIpc) is 2.23. The molecule has 0 radical (unpaired) electrons. The summed E-state index contributed by atoms with van der Waals surface area (Å²) in [6, 6.07) is 1.21. The van der Waals surface area contributed by atoms with E-state index in [9.17, 15) is 4.79 Å². The Hall–Kier alpha value is -0.810. The fourth-order valence-corrected chi connectivity index (χ4v) is 2.72. The number of amides is 2. The summed E-state index contributed by atoms with van der Waals surface area (Å²) in [4.78, 5) is 16.3. The highest BCUT2D eigenvalue weighted by Gasteiger charge is 2.36. The molecular weight excluding hydrogens is 216 g/mol. The number of nitrogens with one attached hydrogen (secondary N) is 2. The van der Waals surface area contributed by atoms with E-state index < -0.39 is 0 Å². The topological polar surface area (TPSA) is 47.6 Å². The lowest BCUT2D eigenvalue weighted by molar-refractivity contribution is 0.0473. The highest BCUT2D eigenvalue weighted by molar-refractivity contribution is 5.75. The molecule has 1 saturated carbocycles. The van der Waals surface area contributed by atoms with Crippen molar-refractivity contribution in [3.8, 4) is 0 Å². The van der Waals surface area contributed by atoms with Gasteiger partial charge in [-0.05, 0) is 19.3 Å². The van der Waals surface area contributed by atoms with Gasteiger partial charge in [-0.3, -0.25) is 4.90 Å². The molecular formula is C12H22N4O. The van der Waals surface area contributed by atoms with Crippen LogP contribution < -0.4 is 10.6 Å². The van der Waals surface area contributed by atoms with Gasteiger partial charge >= 0.3 is 6.03 Å². The molecule has 96 valence electrons. The lowest BCUT2D eigenvalue weighted by Crippen LogP contribution is -2.66. The van der Waals surface area contributed by atoms with Gasteiger partial charge in [0.2, 0.25) is 0 Å². The second-order valence-corrected chi connectivity index (χ2v) is 5.42. The van der Waals surface area contributed by atoms with Gasteiger partial charge in [0.1, 0.15) is 0 Å². The van der Waals surface area contributed by atoms with Gasteiger partial charge in [-0.15, -0.1) is 0 Å². The van der Waals surface area contributed by atoms with Gasteiger partial charge in [-0.1, -0.05) is 0 Å². The zero-order valence-corrected chi connectivity index (χ0v) is 10.3. The van der Waals surface area contributed by atoms with Crippen molar-refractivity contribution in [3.05, 3.63) is 0 Å². The number of rotatable bonds is 2. The largest absolute Gasteiger partial charge is 0.335 e. The van der Waals surface area contributed by atoms with Crippen LogP contribution in [-0.2, 0) is 0 Å². The number of hydrogen-bond acceptors (Lipinski definition) is 3. The maximum Gasteiger partial charge on any atom is 0.317 e. The third kappa shape index (κ3) is 2.40. The van der Waals surface area contributed by atoms with E-state index in [1.165, 1.54) is 19.3 Å². The van der Waals surface area contributed by atoms with Gasteiger partial charge in [-0.25, -0.2) is 4.79 Å². The number of urea groups is 1. The second kappa shape index (κ2) is 4.82. The highest BCUT2D eigenvalue weighted by atomic mass is 16.2. The predicted octanol–water partition coefficient (Wildman–Crippen LogP) is -0.162. The molecule has 2 heterocycles. The molecule has 1 aliphatic carbocycles. The van der Waals surface area contributed by atoms with E-state index in [0.29, 0.717) is 12.1 Å². The van der Waals surface area contributed by atoms with Gasteiger partial charge in [-0.2, -0.15) is 0 Å². The summed E-state index contributed by atoms with van der Waals surface area (Å²) >= 11 is 0. The summed E-state index contributed by atoms with van der Waals surface area (Å²) in [5, 5.41) is 6.46. The molecule has 0 spiro atoms. The van der Waals surface area contributed by atoms with Crippen LogP contribution in [-0.4, -0.2) is 67.2 Å². The van der Waals surface area contributed by atoms with E-state index in [-0.39, 0.29) is 6.03 Å². The average molecular weight is 238 g/mol. The Balaban J connectivity index is 1.39. The Morgan fingerprint density at radius 3 is 2.47 bits per heavy atom. The first kappa shape index (κ1) is 11.3. The molecule has 3 aliphatic rings. The fraction of sp³-hybridized carbons (Fsp3) is 0.917. The van der Waals surface area contributed by atoms with Crippen LogP contribution in [0.5, 0.6) is 0 Å². The Morgan fingerprint density at radius 2 is 1.88 bits per heavy atom. The Morgan fingerprint density at radius 1 is 1.18 bits per heavy atom. The summed E-state index contributed by atoms with van der Waals surface area (Å²) in [7, 11) is 0. The van der Waals surface area contributed by atoms with Crippen molar-refractivity contribution in [1.29, 1.82) is 0 Å². The van der Waals surface area contributed by atoms with Gasteiger partial charge in [0.25, 0.3) is 0 Å². The monoisotopic (exact) mass is 238 g/mol. The number of nitrogens with zero attached hydrogens (tertiary/aromatic N) is 2. The van der Waals surface area contributed by atoms with E-state index in [1.54, 1.807) is 0 Å². The number of likely N-dealkylation sites (tertiary alicyclic amines) is 1. The summed E-state index contributed by atoms with van der Waals surface area (Å²) < 4.78 is 0. The van der Waals surface area contributed by atoms with Crippen LogP contribution in [0.2, 0.25) is 0 Å². The Labute approximate surface area is 103 Å². The molecule has 0 aromatic heterocycles. The predicted molar refractivity (Wildman–Crippen MR) is 66.0 cm³/mol. The van der Waals surface area contributed by atoms with Crippen LogP contribution in [0.15, 0.2) is 0 Å². The number of hydrogen-bond donors (Lipinski definition) is 2. The van der Waals surface area contributed by atoms with Crippen molar-refractivity contribution in [3.63, 3.8) is 0 Å². The molecule has 0 unspecified atom stereocenters. The van der Waals surface area contributed by atoms with Crippen LogP contribution in [0.3, 0.4) is 0 Å². The number of carbonyl (C=O) groups excluding carboxylic acids is 1. The van der Waals surface area contributed by atoms with E-state index in [2.05, 4.69) is 15.5 Å². The van der Waals surface area contributed by atoms with Crippen LogP contribution >= 0.6 is 0 Å².